The second-order valence-corrected chi connectivity index (χ2v) is 4.29. The molecule has 6 heteroatoms. The minimum absolute atomic E-state index is 0.102. The van der Waals surface area contributed by atoms with Crippen molar-refractivity contribution in [2.75, 3.05) is 0 Å². The second kappa shape index (κ2) is 2.78. The van der Waals surface area contributed by atoms with E-state index in [0.717, 1.165) is 5.56 Å². The summed E-state index contributed by atoms with van der Waals surface area (Å²) in [6.45, 7) is 0. The van der Waals surface area contributed by atoms with Crippen molar-refractivity contribution in [3.05, 3.63) is 29.8 Å². The summed E-state index contributed by atoms with van der Waals surface area (Å²) in [6, 6.07) is 6.22. The molecule has 1 atom stereocenters. The molecule has 1 aromatic rings. The van der Waals surface area contributed by atoms with Gasteiger partial charge in [0.15, 0.2) is 6.23 Å². The highest BCUT2D eigenvalue weighted by Crippen LogP contribution is 2.23. The third kappa shape index (κ3) is 1.86. The zero-order chi connectivity index (χ0) is 9.47. The first-order valence-electron chi connectivity index (χ1n) is 3.61. The van der Waals surface area contributed by atoms with Crippen LogP contribution < -0.4 is 10.6 Å². The first-order valence-corrected chi connectivity index (χ1v) is 5.16. The van der Waals surface area contributed by atoms with Gasteiger partial charge in [0.2, 0.25) is 10.0 Å². The maximum Gasteiger partial charge on any atom is 0.238 e. The van der Waals surface area contributed by atoms with Gasteiger partial charge in [-0.2, -0.15) is 5.48 Å². The maximum atomic E-state index is 10.9. The van der Waals surface area contributed by atoms with Crippen LogP contribution >= 0.6 is 0 Å². The summed E-state index contributed by atoms with van der Waals surface area (Å²) < 4.78 is 21.7. The van der Waals surface area contributed by atoms with Gasteiger partial charge in [0.05, 0.1) is 4.90 Å². The van der Waals surface area contributed by atoms with Gasteiger partial charge >= 0.3 is 0 Å². The van der Waals surface area contributed by atoms with E-state index in [4.69, 9.17) is 9.98 Å². The molecule has 1 unspecified atom stereocenters. The Bertz CT molecular complexity index is 408. The highest BCUT2D eigenvalue weighted by molar-refractivity contribution is 7.89. The topological polar surface area (TPSA) is 94.6 Å². The molecule has 5 nitrogen and oxygen atoms in total. The number of hydroxylamine groups is 1. The summed E-state index contributed by atoms with van der Waals surface area (Å²) in [4.78, 5) is 4.90. The summed E-state index contributed by atoms with van der Waals surface area (Å²) in [5.74, 6) is 0. The standard InChI is InChI=1S/C7H8N2O3S/c8-13(10,11)6-3-1-5(2-4-6)7-9-12-7/h1-4,7,9H,(H2,8,10,11). The van der Waals surface area contributed by atoms with Crippen molar-refractivity contribution in [1.82, 2.24) is 5.48 Å². The van der Waals surface area contributed by atoms with E-state index in [0.29, 0.717) is 0 Å². The van der Waals surface area contributed by atoms with Crippen molar-refractivity contribution in [2.45, 2.75) is 11.1 Å². The summed E-state index contributed by atoms with van der Waals surface area (Å²) in [6.07, 6.45) is -0.102. The van der Waals surface area contributed by atoms with Gasteiger partial charge in [0.1, 0.15) is 0 Å². The maximum absolute atomic E-state index is 10.9. The van der Waals surface area contributed by atoms with E-state index >= 15 is 0 Å². The normalized spacial score (nSPS) is 21.5. The Labute approximate surface area is 75.5 Å². The molecule has 1 heterocycles. The van der Waals surface area contributed by atoms with Crippen LogP contribution in [0.5, 0.6) is 0 Å². The molecule has 0 aliphatic carbocycles. The molecule has 1 aliphatic rings. The lowest BCUT2D eigenvalue weighted by molar-refractivity contribution is 0.374. The number of rotatable bonds is 2. The Hall–Kier alpha value is -0.950. The molecule has 1 fully saturated rings. The number of sulfonamides is 1. The SMILES string of the molecule is NS(=O)(=O)c1ccc(C2NO2)cc1. The molecule has 1 aromatic carbocycles. The quantitative estimate of drug-likeness (QED) is 0.650. The molecular weight excluding hydrogens is 192 g/mol. The Morgan fingerprint density at radius 1 is 1.31 bits per heavy atom. The zero-order valence-electron chi connectivity index (χ0n) is 6.60. The zero-order valence-corrected chi connectivity index (χ0v) is 7.41. The second-order valence-electron chi connectivity index (χ2n) is 2.73. The van der Waals surface area contributed by atoms with Gasteiger partial charge in [-0.05, 0) is 17.7 Å². The first kappa shape index (κ1) is 8.64. The van der Waals surface area contributed by atoms with Gasteiger partial charge in [0, 0.05) is 0 Å². The average molecular weight is 200 g/mol. The fourth-order valence-corrected chi connectivity index (χ4v) is 1.52. The molecule has 0 amide bonds. The summed E-state index contributed by atoms with van der Waals surface area (Å²) in [7, 11) is -3.59. The van der Waals surface area contributed by atoms with Crippen molar-refractivity contribution >= 4 is 10.0 Å². The van der Waals surface area contributed by atoms with Crippen LogP contribution in [0.2, 0.25) is 0 Å². The van der Waals surface area contributed by atoms with E-state index in [1.165, 1.54) is 12.1 Å². The smallest absolute Gasteiger partial charge is 0.238 e. The van der Waals surface area contributed by atoms with Gasteiger partial charge < -0.3 is 0 Å². The fourth-order valence-electron chi connectivity index (χ4n) is 1.00. The predicted molar refractivity (Wildman–Crippen MR) is 44.8 cm³/mol. The van der Waals surface area contributed by atoms with Crippen LogP contribution in [0.15, 0.2) is 29.2 Å². The summed E-state index contributed by atoms with van der Waals surface area (Å²) >= 11 is 0. The Balaban J connectivity index is 2.33. The predicted octanol–water partition coefficient (Wildman–Crippen LogP) is -0.133. The molecule has 13 heavy (non-hydrogen) atoms. The van der Waals surface area contributed by atoms with Gasteiger partial charge in [-0.25, -0.2) is 13.6 Å². The average Bonchev–Trinajstić information content (AvgIpc) is 2.85. The minimum Gasteiger partial charge on any atom is -0.273 e. The van der Waals surface area contributed by atoms with E-state index in [1.54, 1.807) is 12.1 Å². The lowest BCUT2D eigenvalue weighted by Crippen LogP contribution is -2.11. The fraction of sp³-hybridized carbons (Fsp3) is 0.143. The van der Waals surface area contributed by atoms with E-state index < -0.39 is 10.0 Å². The number of primary sulfonamides is 1. The molecule has 3 N–H and O–H groups in total. The van der Waals surface area contributed by atoms with Crippen molar-refractivity contribution in [1.29, 1.82) is 0 Å². The van der Waals surface area contributed by atoms with Gasteiger partial charge in [-0.1, -0.05) is 12.1 Å². The molecule has 0 bridgehead atoms. The molecule has 70 valence electrons. The molecule has 2 rings (SSSR count). The number of benzene rings is 1. The summed E-state index contributed by atoms with van der Waals surface area (Å²) in [5, 5.41) is 4.92. The van der Waals surface area contributed by atoms with Crippen molar-refractivity contribution in [2.24, 2.45) is 5.14 Å². The van der Waals surface area contributed by atoms with Crippen LogP contribution in [0.3, 0.4) is 0 Å². The molecular formula is C7H8N2O3S. The lowest BCUT2D eigenvalue weighted by atomic mass is 10.2. The molecule has 1 aliphatic heterocycles. The molecule has 0 aromatic heterocycles. The molecule has 0 saturated carbocycles. The molecule has 0 spiro atoms. The Morgan fingerprint density at radius 3 is 2.23 bits per heavy atom. The van der Waals surface area contributed by atoms with Gasteiger partial charge in [-0.15, -0.1) is 0 Å². The van der Waals surface area contributed by atoms with Crippen LogP contribution in [0.4, 0.5) is 0 Å². The number of nitrogens with one attached hydrogen (secondary N) is 1. The van der Waals surface area contributed by atoms with Gasteiger partial charge in [0.25, 0.3) is 0 Å². The van der Waals surface area contributed by atoms with Crippen molar-refractivity contribution < 1.29 is 13.3 Å². The van der Waals surface area contributed by atoms with Crippen LogP contribution in [-0.4, -0.2) is 8.42 Å². The summed E-state index contributed by atoms with van der Waals surface area (Å²) in [5.41, 5.74) is 3.51. The van der Waals surface area contributed by atoms with E-state index in [1.807, 2.05) is 0 Å². The van der Waals surface area contributed by atoms with Crippen LogP contribution in [0, 0.1) is 0 Å². The Kier molecular flexibility index (Phi) is 1.85. The molecule has 0 radical (unpaired) electrons. The Morgan fingerprint density at radius 2 is 1.85 bits per heavy atom. The first-order chi connectivity index (χ1) is 6.07. The third-order valence-corrected chi connectivity index (χ3v) is 2.68. The molecule has 1 saturated heterocycles. The van der Waals surface area contributed by atoms with Crippen LogP contribution in [0.1, 0.15) is 11.8 Å². The lowest BCUT2D eigenvalue weighted by Gasteiger charge is -1.98. The third-order valence-electron chi connectivity index (χ3n) is 1.75. The minimum atomic E-state index is -3.59. The van der Waals surface area contributed by atoms with Crippen LogP contribution in [-0.2, 0) is 14.9 Å². The number of nitrogens with two attached hydrogens (primary N) is 1. The monoisotopic (exact) mass is 200 g/mol. The van der Waals surface area contributed by atoms with E-state index in [-0.39, 0.29) is 11.1 Å². The van der Waals surface area contributed by atoms with E-state index in [2.05, 4.69) is 5.48 Å². The van der Waals surface area contributed by atoms with E-state index in [9.17, 15) is 8.42 Å². The highest BCUT2D eigenvalue weighted by atomic mass is 32.2. The van der Waals surface area contributed by atoms with Gasteiger partial charge in [-0.3, -0.25) is 4.84 Å². The van der Waals surface area contributed by atoms with Crippen LogP contribution in [0.25, 0.3) is 0 Å². The largest absolute Gasteiger partial charge is 0.273 e. The highest BCUT2D eigenvalue weighted by Gasteiger charge is 2.24. The van der Waals surface area contributed by atoms with Crippen molar-refractivity contribution in [3.8, 4) is 0 Å². The number of hydrogen-bond acceptors (Lipinski definition) is 4. The van der Waals surface area contributed by atoms with Crippen molar-refractivity contribution in [3.63, 3.8) is 0 Å². The number of hydrogen-bond donors (Lipinski definition) is 2.